The third-order valence-electron chi connectivity index (χ3n) is 1.34. The highest BCUT2D eigenvalue weighted by molar-refractivity contribution is 5.33. The Kier molecular flexibility index (Phi) is 0.974. The summed E-state index contributed by atoms with van der Waals surface area (Å²) in [4.78, 5) is 0. The molecule has 0 saturated carbocycles. The third kappa shape index (κ3) is 0.673. The van der Waals surface area contributed by atoms with Crippen LogP contribution >= 0.6 is 0 Å². The van der Waals surface area contributed by atoms with Crippen molar-refractivity contribution in [3.8, 4) is 0 Å². The second-order valence-electron chi connectivity index (χ2n) is 2.05. The van der Waals surface area contributed by atoms with E-state index in [-0.39, 0.29) is 5.76 Å². The van der Waals surface area contributed by atoms with E-state index >= 15 is 0 Å². The Bertz CT molecular complexity index is 248. The summed E-state index contributed by atoms with van der Waals surface area (Å²) in [6, 6.07) is 0. The van der Waals surface area contributed by atoms with E-state index in [1.54, 1.807) is 0 Å². The van der Waals surface area contributed by atoms with Gasteiger partial charge in [-0.3, -0.25) is 0 Å². The second-order valence-corrected chi connectivity index (χ2v) is 2.05. The van der Waals surface area contributed by atoms with Crippen LogP contribution in [0.25, 0.3) is 0 Å². The fourth-order valence-corrected chi connectivity index (χ4v) is 0.890. The minimum atomic E-state index is 0.0917. The van der Waals surface area contributed by atoms with E-state index in [1.165, 1.54) is 12.3 Å². The molecule has 0 amide bonds. The number of allylic oxidation sites excluding steroid dienone is 1. The topological polar surface area (TPSA) is 38.7 Å². The van der Waals surface area contributed by atoms with E-state index in [4.69, 9.17) is 14.6 Å². The second kappa shape index (κ2) is 1.80. The van der Waals surface area contributed by atoms with Crippen LogP contribution in [-0.2, 0) is 9.47 Å². The van der Waals surface area contributed by atoms with Crippen LogP contribution in [0.4, 0.5) is 0 Å². The number of aliphatic hydroxyl groups excluding tert-OH is 1. The van der Waals surface area contributed by atoms with E-state index < -0.39 is 0 Å². The van der Waals surface area contributed by atoms with Gasteiger partial charge in [0.2, 0.25) is 0 Å². The minimum absolute atomic E-state index is 0.0917. The third-order valence-corrected chi connectivity index (χ3v) is 1.34. The van der Waals surface area contributed by atoms with Crippen molar-refractivity contribution < 1.29 is 14.6 Å². The fourth-order valence-electron chi connectivity index (χ4n) is 0.890. The molecule has 0 aromatic carbocycles. The van der Waals surface area contributed by atoms with Gasteiger partial charge in [-0.25, -0.2) is 0 Å². The van der Waals surface area contributed by atoms with Crippen molar-refractivity contribution in [1.82, 2.24) is 0 Å². The first kappa shape index (κ1) is 5.41. The lowest BCUT2D eigenvalue weighted by atomic mass is 10.3. The van der Waals surface area contributed by atoms with Crippen LogP contribution in [0.5, 0.6) is 0 Å². The summed E-state index contributed by atoms with van der Waals surface area (Å²) in [5.41, 5.74) is 0. The van der Waals surface area contributed by atoms with Gasteiger partial charge >= 0.3 is 0 Å². The first-order valence-electron chi connectivity index (χ1n) is 2.97. The van der Waals surface area contributed by atoms with Crippen molar-refractivity contribution in [2.24, 2.45) is 0 Å². The van der Waals surface area contributed by atoms with Gasteiger partial charge in [-0.1, -0.05) is 0 Å². The van der Waals surface area contributed by atoms with Crippen LogP contribution < -0.4 is 0 Å². The van der Waals surface area contributed by atoms with Crippen molar-refractivity contribution in [3.05, 3.63) is 35.7 Å². The zero-order chi connectivity index (χ0) is 6.97. The Labute approximate surface area is 57.9 Å². The molecule has 0 bridgehead atoms. The molecule has 2 heterocycles. The Hall–Kier alpha value is -1.38. The highest BCUT2D eigenvalue weighted by atomic mass is 16.5. The van der Waals surface area contributed by atoms with Crippen LogP contribution in [0.3, 0.4) is 0 Å². The maximum Gasteiger partial charge on any atom is 0.168 e. The van der Waals surface area contributed by atoms with E-state index in [2.05, 4.69) is 0 Å². The molecule has 2 rings (SSSR count). The normalized spacial score (nSPS) is 21.4. The first-order chi connectivity index (χ1) is 4.86. The predicted octanol–water partition coefficient (Wildman–Crippen LogP) is 1.21. The number of ether oxygens (including phenoxy) is 2. The molecule has 0 spiro atoms. The Morgan fingerprint density at radius 2 is 2.30 bits per heavy atom. The van der Waals surface area contributed by atoms with Crippen LogP contribution in [0, 0.1) is 0 Å². The van der Waals surface area contributed by atoms with Crippen LogP contribution in [0.15, 0.2) is 35.7 Å². The zero-order valence-corrected chi connectivity index (χ0v) is 5.20. The van der Waals surface area contributed by atoms with Gasteiger partial charge in [-0.15, -0.1) is 0 Å². The standard InChI is InChI=1S/C7H6O3/c8-5-3-7-6(10-4-5)1-2-9-7/h1,3-4,8H,2H2. The fraction of sp³-hybridized carbons (Fsp3) is 0.143. The van der Waals surface area contributed by atoms with Crippen LogP contribution in [0.1, 0.15) is 0 Å². The molecule has 10 heavy (non-hydrogen) atoms. The molecule has 3 heteroatoms. The summed E-state index contributed by atoms with van der Waals surface area (Å²) in [7, 11) is 0. The summed E-state index contributed by atoms with van der Waals surface area (Å²) in [6.07, 6.45) is 4.63. The minimum Gasteiger partial charge on any atom is -0.505 e. The molecule has 2 aliphatic heterocycles. The number of rotatable bonds is 0. The monoisotopic (exact) mass is 138 g/mol. The molecule has 0 aromatic heterocycles. The molecular weight excluding hydrogens is 132 g/mol. The molecular formula is C7H6O3. The Morgan fingerprint density at radius 3 is 3.20 bits per heavy atom. The maximum atomic E-state index is 8.91. The lowest BCUT2D eigenvalue weighted by Gasteiger charge is -2.08. The molecule has 0 unspecified atom stereocenters. The summed E-state index contributed by atoms with van der Waals surface area (Å²) in [5, 5.41) is 8.91. The first-order valence-corrected chi connectivity index (χ1v) is 2.97. The van der Waals surface area contributed by atoms with E-state index in [1.807, 2.05) is 6.08 Å². The van der Waals surface area contributed by atoms with Gasteiger partial charge in [0.05, 0.1) is 0 Å². The number of hydrogen-bond donors (Lipinski definition) is 1. The van der Waals surface area contributed by atoms with Gasteiger partial charge in [0, 0.05) is 6.08 Å². The molecule has 0 aliphatic carbocycles. The summed E-state index contributed by atoms with van der Waals surface area (Å²) in [6.45, 7) is 0.530. The average molecular weight is 138 g/mol. The van der Waals surface area contributed by atoms with E-state index in [0.717, 1.165) is 0 Å². The van der Waals surface area contributed by atoms with Crippen LogP contribution in [0.2, 0.25) is 0 Å². The van der Waals surface area contributed by atoms with Gasteiger partial charge in [-0.2, -0.15) is 0 Å². The number of hydrogen-bond acceptors (Lipinski definition) is 3. The molecule has 0 fully saturated rings. The largest absolute Gasteiger partial charge is 0.505 e. The van der Waals surface area contributed by atoms with Crippen LogP contribution in [-0.4, -0.2) is 11.7 Å². The molecule has 1 N–H and O–H groups in total. The highest BCUT2D eigenvalue weighted by Gasteiger charge is 2.17. The summed E-state index contributed by atoms with van der Waals surface area (Å²) in [5.74, 6) is 1.40. The average Bonchev–Trinajstić information content (AvgIpc) is 2.33. The van der Waals surface area contributed by atoms with Crippen molar-refractivity contribution in [1.29, 1.82) is 0 Å². The predicted molar refractivity (Wildman–Crippen MR) is 33.9 cm³/mol. The molecule has 0 radical (unpaired) electrons. The smallest absolute Gasteiger partial charge is 0.168 e. The van der Waals surface area contributed by atoms with E-state index in [9.17, 15) is 0 Å². The Morgan fingerprint density at radius 1 is 1.40 bits per heavy atom. The highest BCUT2D eigenvalue weighted by Crippen LogP contribution is 2.24. The van der Waals surface area contributed by atoms with Gasteiger partial charge in [0.1, 0.15) is 12.9 Å². The molecule has 2 aliphatic rings. The summed E-state index contributed by atoms with van der Waals surface area (Å²) >= 11 is 0. The van der Waals surface area contributed by atoms with Gasteiger partial charge < -0.3 is 14.6 Å². The van der Waals surface area contributed by atoms with Crippen molar-refractivity contribution in [2.45, 2.75) is 0 Å². The number of fused-ring (bicyclic) bond motifs is 1. The summed E-state index contributed by atoms with van der Waals surface area (Å²) < 4.78 is 10.0. The molecule has 0 aromatic rings. The lowest BCUT2D eigenvalue weighted by Crippen LogP contribution is -1.95. The van der Waals surface area contributed by atoms with E-state index in [0.29, 0.717) is 18.1 Å². The van der Waals surface area contributed by atoms with Crippen molar-refractivity contribution in [2.75, 3.05) is 6.61 Å². The zero-order valence-electron chi connectivity index (χ0n) is 5.20. The van der Waals surface area contributed by atoms with Gasteiger partial charge in [0.15, 0.2) is 17.3 Å². The SMILES string of the molecule is OC1=COC2=CCOC2=C1. The maximum absolute atomic E-state index is 8.91. The Balaban J connectivity index is 2.36. The number of aliphatic hydroxyl groups is 1. The molecule has 3 nitrogen and oxygen atoms in total. The molecule has 0 saturated heterocycles. The van der Waals surface area contributed by atoms with Gasteiger partial charge in [0.25, 0.3) is 0 Å². The molecule has 52 valence electrons. The quantitative estimate of drug-likeness (QED) is 0.546. The molecule has 0 atom stereocenters. The lowest BCUT2D eigenvalue weighted by molar-refractivity contribution is 0.229. The van der Waals surface area contributed by atoms with Gasteiger partial charge in [-0.05, 0) is 6.08 Å². The van der Waals surface area contributed by atoms with Crippen molar-refractivity contribution >= 4 is 0 Å². The van der Waals surface area contributed by atoms with Crippen molar-refractivity contribution in [3.63, 3.8) is 0 Å².